The van der Waals surface area contributed by atoms with E-state index in [1.54, 1.807) is 24.3 Å². The molecule has 0 heterocycles. The molecule has 0 fully saturated rings. The summed E-state index contributed by atoms with van der Waals surface area (Å²) in [5.41, 5.74) is -0.636. The molecule has 1 rings (SSSR count). The SMILES string of the molecule is CCc1ccc(C(CC)(NC)C(F)(F)F)cc1. The zero-order valence-electron chi connectivity index (χ0n) is 10.4. The average Bonchev–Trinajstić information content (AvgIpc) is 2.30. The molecule has 0 saturated heterocycles. The third kappa shape index (κ3) is 2.46. The maximum atomic E-state index is 13.2. The minimum absolute atomic E-state index is 0.0293. The van der Waals surface area contributed by atoms with Gasteiger partial charge in [-0.15, -0.1) is 0 Å². The number of nitrogens with one attached hydrogen (secondary N) is 1. The third-order valence-corrected chi connectivity index (χ3v) is 3.30. The highest BCUT2D eigenvalue weighted by molar-refractivity contribution is 5.30. The van der Waals surface area contributed by atoms with E-state index in [9.17, 15) is 13.2 Å². The van der Waals surface area contributed by atoms with Gasteiger partial charge in [-0.3, -0.25) is 0 Å². The minimum atomic E-state index is -4.30. The molecule has 1 atom stereocenters. The Morgan fingerprint density at radius 3 is 1.88 bits per heavy atom. The van der Waals surface area contributed by atoms with Gasteiger partial charge in [0.15, 0.2) is 0 Å². The fourth-order valence-corrected chi connectivity index (χ4v) is 2.06. The van der Waals surface area contributed by atoms with Crippen LogP contribution >= 0.6 is 0 Å². The van der Waals surface area contributed by atoms with E-state index in [4.69, 9.17) is 0 Å². The topological polar surface area (TPSA) is 12.0 Å². The molecule has 1 aromatic rings. The van der Waals surface area contributed by atoms with Crippen molar-refractivity contribution in [3.63, 3.8) is 0 Å². The Morgan fingerprint density at radius 1 is 1.06 bits per heavy atom. The van der Waals surface area contributed by atoms with Crippen molar-refractivity contribution in [2.75, 3.05) is 7.05 Å². The van der Waals surface area contributed by atoms with Gasteiger partial charge in [0, 0.05) is 0 Å². The van der Waals surface area contributed by atoms with Crippen LogP contribution in [-0.4, -0.2) is 13.2 Å². The van der Waals surface area contributed by atoms with Crippen LogP contribution in [0.15, 0.2) is 24.3 Å². The molecule has 0 spiro atoms. The summed E-state index contributed by atoms with van der Waals surface area (Å²) in [6, 6.07) is 6.63. The molecule has 1 unspecified atom stereocenters. The van der Waals surface area contributed by atoms with Gasteiger partial charge in [0.25, 0.3) is 0 Å². The van der Waals surface area contributed by atoms with Crippen molar-refractivity contribution in [1.82, 2.24) is 5.32 Å². The molecule has 0 aromatic heterocycles. The van der Waals surface area contributed by atoms with Crippen LogP contribution in [0.1, 0.15) is 31.4 Å². The summed E-state index contributed by atoms with van der Waals surface area (Å²) in [5.74, 6) is 0. The van der Waals surface area contributed by atoms with E-state index in [0.717, 1.165) is 12.0 Å². The van der Waals surface area contributed by atoms with E-state index in [1.165, 1.54) is 14.0 Å². The number of hydrogen-bond donors (Lipinski definition) is 1. The summed E-state index contributed by atoms with van der Waals surface area (Å²) in [5, 5.41) is 2.43. The second kappa shape index (κ2) is 5.08. The van der Waals surface area contributed by atoms with Gasteiger partial charge in [-0.25, -0.2) is 0 Å². The van der Waals surface area contributed by atoms with E-state index in [2.05, 4.69) is 5.32 Å². The van der Waals surface area contributed by atoms with Crippen molar-refractivity contribution in [2.45, 2.75) is 38.4 Å². The molecular weight excluding hydrogens is 227 g/mol. The summed E-state index contributed by atoms with van der Waals surface area (Å²) in [7, 11) is 1.35. The Kier molecular flexibility index (Phi) is 4.20. The fourth-order valence-electron chi connectivity index (χ4n) is 2.06. The van der Waals surface area contributed by atoms with Crippen molar-refractivity contribution in [2.24, 2.45) is 0 Å². The van der Waals surface area contributed by atoms with Gasteiger partial charge >= 0.3 is 6.18 Å². The van der Waals surface area contributed by atoms with E-state index in [0.29, 0.717) is 0 Å². The van der Waals surface area contributed by atoms with E-state index >= 15 is 0 Å². The molecule has 1 N–H and O–H groups in total. The standard InChI is InChI=1S/C13H18F3N/c1-4-10-6-8-11(9-7-10)12(5-2,17-3)13(14,15)16/h6-9,17H,4-5H2,1-3H3. The van der Waals surface area contributed by atoms with Crippen LogP contribution in [-0.2, 0) is 12.0 Å². The van der Waals surface area contributed by atoms with E-state index < -0.39 is 11.7 Å². The predicted molar refractivity (Wildman–Crippen MR) is 62.9 cm³/mol. The maximum absolute atomic E-state index is 13.2. The summed E-state index contributed by atoms with van der Waals surface area (Å²) >= 11 is 0. The molecular formula is C13H18F3N. The monoisotopic (exact) mass is 245 g/mol. The Balaban J connectivity index is 3.22. The van der Waals surface area contributed by atoms with Crippen molar-refractivity contribution < 1.29 is 13.2 Å². The number of benzene rings is 1. The average molecular weight is 245 g/mol. The zero-order chi connectivity index (χ0) is 13.1. The Labute approximate surface area is 100 Å². The van der Waals surface area contributed by atoms with Crippen LogP contribution in [0.5, 0.6) is 0 Å². The van der Waals surface area contributed by atoms with Crippen molar-refractivity contribution in [3.8, 4) is 0 Å². The van der Waals surface area contributed by atoms with Crippen molar-refractivity contribution in [1.29, 1.82) is 0 Å². The van der Waals surface area contributed by atoms with Crippen molar-refractivity contribution in [3.05, 3.63) is 35.4 Å². The quantitative estimate of drug-likeness (QED) is 0.854. The highest BCUT2D eigenvalue weighted by atomic mass is 19.4. The second-order valence-corrected chi connectivity index (χ2v) is 4.06. The van der Waals surface area contributed by atoms with Gasteiger partial charge in [-0.05, 0) is 31.0 Å². The number of rotatable bonds is 4. The summed E-state index contributed by atoms with van der Waals surface area (Å²) in [6.07, 6.45) is -3.51. The Bertz CT molecular complexity index is 350. The predicted octanol–water partition coefficient (Wildman–Crippen LogP) is 3.64. The normalized spacial score (nSPS) is 15.6. The van der Waals surface area contributed by atoms with Crippen LogP contribution in [0.4, 0.5) is 13.2 Å². The third-order valence-electron chi connectivity index (χ3n) is 3.30. The lowest BCUT2D eigenvalue weighted by molar-refractivity contribution is -0.200. The second-order valence-electron chi connectivity index (χ2n) is 4.06. The number of halogens is 3. The van der Waals surface area contributed by atoms with Crippen LogP contribution in [0, 0.1) is 0 Å². The molecule has 0 radical (unpaired) electrons. The summed E-state index contributed by atoms with van der Waals surface area (Å²) in [6.45, 7) is 3.52. The zero-order valence-corrected chi connectivity index (χ0v) is 10.4. The van der Waals surface area contributed by atoms with Gasteiger partial charge in [0.2, 0.25) is 0 Å². The molecule has 0 bridgehead atoms. The molecule has 0 aliphatic carbocycles. The Hall–Kier alpha value is -1.03. The molecule has 1 aromatic carbocycles. The number of alkyl halides is 3. The first-order valence-electron chi connectivity index (χ1n) is 5.76. The lowest BCUT2D eigenvalue weighted by atomic mass is 9.86. The first kappa shape index (κ1) is 14.0. The molecule has 0 saturated carbocycles. The Morgan fingerprint density at radius 2 is 1.59 bits per heavy atom. The highest BCUT2D eigenvalue weighted by Gasteiger charge is 2.53. The fraction of sp³-hybridized carbons (Fsp3) is 0.538. The smallest absolute Gasteiger partial charge is 0.303 e. The lowest BCUT2D eigenvalue weighted by Gasteiger charge is -2.35. The molecule has 0 aliphatic heterocycles. The van der Waals surface area contributed by atoms with Crippen molar-refractivity contribution >= 4 is 0 Å². The van der Waals surface area contributed by atoms with Crippen LogP contribution < -0.4 is 5.32 Å². The number of hydrogen-bond acceptors (Lipinski definition) is 1. The summed E-state index contributed by atoms with van der Waals surface area (Å²) in [4.78, 5) is 0. The molecule has 0 amide bonds. The first-order chi connectivity index (χ1) is 7.91. The molecule has 0 aliphatic rings. The highest BCUT2D eigenvalue weighted by Crippen LogP contribution is 2.41. The summed E-state index contributed by atoms with van der Waals surface area (Å²) < 4.78 is 39.5. The van der Waals surface area contributed by atoms with Gasteiger partial charge in [-0.1, -0.05) is 38.1 Å². The van der Waals surface area contributed by atoms with Crippen LogP contribution in [0.25, 0.3) is 0 Å². The first-order valence-corrected chi connectivity index (χ1v) is 5.76. The largest absolute Gasteiger partial charge is 0.410 e. The van der Waals surface area contributed by atoms with Crippen LogP contribution in [0.3, 0.4) is 0 Å². The lowest BCUT2D eigenvalue weighted by Crippen LogP contribution is -2.52. The van der Waals surface area contributed by atoms with E-state index in [-0.39, 0.29) is 12.0 Å². The molecule has 1 nitrogen and oxygen atoms in total. The van der Waals surface area contributed by atoms with Crippen LogP contribution in [0.2, 0.25) is 0 Å². The minimum Gasteiger partial charge on any atom is -0.303 e. The molecule has 17 heavy (non-hydrogen) atoms. The van der Waals surface area contributed by atoms with Gasteiger partial charge < -0.3 is 5.32 Å². The maximum Gasteiger partial charge on any atom is 0.410 e. The number of aryl methyl sites for hydroxylation is 1. The molecule has 4 heteroatoms. The van der Waals surface area contributed by atoms with E-state index in [1.807, 2.05) is 6.92 Å². The van der Waals surface area contributed by atoms with Gasteiger partial charge in [-0.2, -0.15) is 13.2 Å². The molecule has 96 valence electrons. The van der Waals surface area contributed by atoms with Gasteiger partial charge in [0.1, 0.15) is 5.54 Å². The van der Waals surface area contributed by atoms with Gasteiger partial charge in [0.05, 0.1) is 0 Å².